The van der Waals surface area contributed by atoms with Crippen molar-refractivity contribution in [2.75, 3.05) is 6.61 Å². The molecule has 1 heterocycles. The van der Waals surface area contributed by atoms with Crippen LogP contribution in [-0.2, 0) is 20.7 Å². The van der Waals surface area contributed by atoms with Crippen molar-refractivity contribution in [3.8, 4) is 0 Å². The van der Waals surface area contributed by atoms with E-state index in [2.05, 4.69) is 4.98 Å². The molecule has 0 amide bonds. The highest BCUT2D eigenvalue weighted by Gasteiger charge is 2.15. The van der Waals surface area contributed by atoms with E-state index in [-0.39, 0.29) is 11.5 Å². The fraction of sp³-hybridized carbons (Fsp3) is 0.357. The average Bonchev–Trinajstić information content (AvgIpc) is 2.68. The van der Waals surface area contributed by atoms with Crippen LogP contribution in [-0.4, -0.2) is 20.0 Å². The van der Waals surface area contributed by atoms with Crippen LogP contribution in [0.15, 0.2) is 33.6 Å². The van der Waals surface area contributed by atoms with Crippen molar-refractivity contribution in [3.63, 3.8) is 0 Å². The highest BCUT2D eigenvalue weighted by molar-refractivity contribution is 7.86. The van der Waals surface area contributed by atoms with Gasteiger partial charge in [-0.15, -0.1) is 0 Å². The average molecular weight is 295 g/mol. The molecule has 2 rings (SSSR count). The van der Waals surface area contributed by atoms with Gasteiger partial charge in [0.2, 0.25) is 0 Å². The maximum Gasteiger partial charge on any atom is 0.296 e. The first-order valence-electron chi connectivity index (χ1n) is 6.27. The molecule has 0 atom stereocenters. The summed E-state index contributed by atoms with van der Waals surface area (Å²) in [5, 5.41) is 0. The molecule has 6 heteroatoms. The third-order valence-corrected chi connectivity index (χ3v) is 4.21. The monoisotopic (exact) mass is 295 g/mol. The van der Waals surface area contributed by atoms with Crippen LogP contribution in [0, 0.1) is 20.8 Å². The molecule has 0 saturated heterocycles. The topological polar surface area (TPSA) is 69.4 Å². The number of hydrogen-bond acceptors (Lipinski definition) is 5. The Hall–Kier alpha value is -1.66. The molecule has 1 aromatic carbocycles. The molecule has 0 aliphatic carbocycles. The summed E-state index contributed by atoms with van der Waals surface area (Å²) < 4.78 is 34.2. The van der Waals surface area contributed by atoms with Crippen molar-refractivity contribution >= 4 is 10.1 Å². The van der Waals surface area contributed by atoms with Crippen molar-refractivity contribution < 1.29 is 17.0 Å². The molecule has 0 N–H and O–H groups in total. The molecule has 0 fully saturated rings. The van der Waals surface area contributed by atoms with Gasteiger partial charge in [0, 0.05) is 13.3 Å². The Morgan fingerprint density at radius 2 is 1.80 bits per heavy atom. The molecule has 0 aliphatic rings. The van der Waals surface area contributed by atoms with E-state index in [9.17, 15) is 8.42 Å². The second-order valence-electron chi connectivity index (χ2n) is 4.57. The minimum atomic E-state index is -3.71. The first-order valence-corrected chi connectivity index (χ1v) is 7.68. The van der Waals surface area contributed by atoms with Gasteiger partial charge in [-0.3, -0.25) is 4.18 Å². The van der Waals surface area contributed by atoms with Gasteiger partial charge in [0.15, 0.2) is 5.89 Å². The first kappa shape index (κ1) is 14.7. The van der Waals surface area contributed by atoms with E-state index in [1.807, 2.05) is 6.92 Å². The summed E-state index contributed by atoms with van der Waals surface area (Å²) in [5.74, 6) is 1.26. The highest BCUT2D eigenvalue weighted by atomic mass is 32.2. The van der Waals surface area contributed by atoms with Crippen LogP contribution in [0.4, 0.5) is 0 Å². The van der Waals surface area contributed by atoms with E-state index in [4.69, 9.17) is 8.60 Å². The van der Waals surface area contributed by atoms with E-state index in [0.717, 1.165) is 11.3 Å². The maximum absolute atomic E-state index is 12.0. The molecule has 0 saturated carbocycles. The van der Waals surface area contributed by atoms with Gasteiger partial charge in [0.05, 0.1) is 17.2 Å². The molecule has 1 aromatic heterocycles. The van der Waals surface area contributed by atoms with Crippen LogP contribution in [0.3, 0.4) is 0 Å². The van der Waals surface area contributed by atoms with Crippen LogP contribution in [0.1, 0.15) is 22.9 Å². The van der Waals surface area contributed by atoms with Crippen LogP contribution in [0.2, 0.25) is 0 Å². The standard InChI is InChI=1S/C14H17NO4S/c1-10-4-6-13(7-5-10)20(16,17)18-9-8-14-11(2)19-12(3)15-14/h4-7H,8-9H2,1-3H3. The number of rotatable bonds is 5. The normalized spacial score (nSPS) is 11.8. The van der Waals surface area contributed by atoms with Gasteiger partial charge in [0.1, 0.15) is 5.76 Å². The van der Waals surface area contributed by atoms with E-state index in [1.54, 1.807) is 26.0 Å². The number of oxazole rings is 1. The Kier molecular flexibility index (Phi) is 4.25. The second-order valence-corrected chi connectivity index (χ2v) is 6.19. The minimum absolute atomic E-state index is 0.0447. The van der Waals surface area contributed by atoms with E-state index < -0.39 is 10.1 Å². The lowest BCUT2D eigenvalue weighted by atomic mass is 10.2. The molecule has 0 radical (unpaired) electrons. The smallest absolute Gasteiger partial charge is 0.296 e. The number of benzene rings is 1. The zero-order valence-corrected chi connectivity index (χ0v) is 12.5. The Labute approximate surface area is 118 Å². The van der Waals surface area contributed by atoms with Crippen LogP contribution < -0.4 is 0 Å². The summed E-state index contributed by atoms with van der Waals surface area (Å²) in [7, 11) is -3.71. The second kappa shape index (κ2) is 5.76. The summed E-state index contributed by atoms with van der Waals surface area (Å²) in [5.41, 5.74) is 1.72. The lowest BCUT2D eigenvalue weighted by Crippen LogP contribution is -2.09. The number of hydrogen-bond donors (Lipinski definition) is 0. The predicted octanol–water partition coefficient (Wildman–Crippen LogP) is 2.55. The highest BCUT2D eigenvalue weighted by Crippen LogP contribution is 2.15. The summed E-state index contributed by atoms with van der Waals surface area (Å²) in [6.45, 7) is 5.49. The number of nitrogens with zero attached hydrogens (tertiary/aromatic N) is 1. The van der Waals surface area contributed by atoms with E-state index in [1.165, 1.54) is 12.1 Å². The van der Waals surface area contributed by atoms with Crippen molar-refractivity contribution in [3.05, 3.63) is 47.2 Å². The molecule has 0 spiro atoms. The third-order valence-electron chi connectivity index (χ3n) is 2.89. The summed E-state index contributed by atoms with van der Waals surface area (Å²) >= 11 is 0. The van der Waals surface area contributed by atoms with Gasteiger partial charge in [-0.2, -0.15) is 8.42 Å². The van der Waals surface area contributed by atoms with Gasteiger partial charge in [-0.1, -0.05) is 17.7 Å². The summed E-state index contributed by atoms with van der Waals surface area (Å²) in [4.78, 5) is 4.34. The zero-order valence-electron chi connectivity index (χ0n) is 11.7. The summed E-state index contributed by atoms with van der Waals surface area (Å²) in [6, 6.07) is 6.55. The molecule has 5 nitrogen and oxygen atoms in total. The van der Waals surface area contributed by atoms with Gasteiger partial charge in [-0.05, 0) is 26.0 Å². The number of aryl methyl sites for hydroxylation is 3. The van der Waals surface area contributed by atoms with E-state index >= 15 is 0 Å². The van der Waals surface area contributed by atoms with Crippen molar-refractivity contribution in [2.24, 2.45) is 0 Å². The van der Waals surface area contributed by atoms with Crippen molar-refractivity contribution in [1.82, 2.24) is 4.98 Å². The molecular formula is C14H17NO4S. The van der Waals surface area contributed by atoms with Gasteiger partial charge < -0.3 is 4.42 Å². The summed E-state index contributed by atoms with van der Waals surface area (Å²) in [6.07, 6.45) is 0.397. The first-order chi connectivity index (χ1) is 9.38. The van der Waals surface area contributed by atoms with Crippen LogP contribution >= 0.6 is 0 Å². The van der Waals surface area contributed by atoms with E-state index in [0.29, 0.717) is 18.1 Å². The Morgan fingerprint density at radius 3 is 2.35 bits per heavy atom. The molecule has 108 valence electrons. The molecule has 20 heavy (non-hydrogen) atoms. The SMILES string of the molecule is Cc1ccc(S(=O)(=O)OCCc2nc(C)oc2C)cc1. The Bertz CT molecular complexity index is 686. The largest absolute Gasteiger partial charge is 0.446 e. The lowest BCUT2D eigenvalue weighted by Gasteiger charge is -2.05. The Morgan fingerprint density at radius 1 is 1.15 bits per heavy atom. The van der Waals surface area contributed by atoms with Gasteiger partial charge in [0.25, 0.3) is 10.1 Å². The quantitative estimate of drug-likeness (QED) is 0.793. The van der Waals surface area contributed by atoms with Gasteiger partial charge >= 0.3 is 0 Å². The van der Waals surface area contributed by atoms with Crippen molar-refractivity contribution in [1.29, 1.82) is 0 Å². The van der Waals surface area contributed by atoms with Gasteiger partial charge in [-0.25, -0.2) is 4.98 Å². The molecule has 0 aliphatic heterocycles. The zero-order chi connectivity index (χ0) is 14.8. The van der Waals surface area contributed by atoms with Crippen molar-refractivity contribution in [2.45, 2.75) is 32.1 Å². The Balaban J connectivity index is 1.99. The molecule has 0 bridgehead atoms. The maximum atomic E-state index is 12.0. The lowest BCUT2D eigenvalue weighted by molar-refractivity contribution is 0.320. The fourth-order valence-corrected chi connectivity index (χ4v) is 2.73. The molecule has 2 aromatic rings. The predicted molar refractivity (Wildman–Crippen MR) is 74.0 cm³/mol. The fourth-order valence-electron chi connectivity index (χ4n) is 1.83. The third kappa shape index (κ3) is 3.46. The number of aromatic nitrogens is 1. The molecular weight excluding hydrogens is 278 g/mol. The minimum Gasteiger partial charge on any atom is -0.446 e. The van der Waals surface area contributed by atoms with Crippen LogP contribution in [0.25, 0.3) is 0 Å². The molecule has 0 unspecified atom stereocenters. The van der Waals surface area contributed by atoms with Crippen LogP contribution in [0.5, 0.6) is 0 Å².